The average Bonchev–Trinajstić information content (AvgIpc) is 2.39. The Morgan fingerprint density at radius 3 is 2.76 bits per heavy atom. The Morgan fingerprint density at radius 1 is 1.53 bits per heavy atom. The van der Waals surface area contributed by atoms with E-state index in [2.05, 4.69) is 9.88 Å². The molecule has 1 fully saturated rings. The maximum absolute atomic E-state index is 10.6. The van der Waals surface area contributed by atoms with E-state index in [4.69, 9.17) is 5.11 Å². The second kappa shape index (κ2) is 5.27. The van der Waals surface area contributed by atoms with Gasteiger partial charge >= 0.3 is 0 Å². The molecule has 2 heterocycles. The number of aromatic nitrogens is 1. The van der Waals surface area contributed by atoms with Crippen LogP contribution in [0.5, 0.6) is 0 Å². The lowest BCUT2D eigenvalue weighted by Gasteiger charge is -2.32. The van der Waals surface area contributed by atoms with E-state index in [1.54, 1.807) is 6.20 Å². The Balaban J connectivity index is 2.10. The first kappa shape index (κ1) is 12.0. The molecule has 0 bridgehead atoms. The van der Waals surface area contributed by atoms with Gasteiger partial charge in [0.1, 0.15) is 5.82 Å². The SMILES string of the molecule is Cc1cc(C=O)cnc1N1CCC(CO)CC1. The third-order valence-corrected chi connectivity index (χ3v) is 3.38. The normalized spacial score (nSPS) is 17.2. The lowest BCUT2D eigenvalue weighted by atomic mass is 9.97. The first-order valence-corrected chi connectivity index (χ1v) is 6.02. The summed E-state index contributed by atoms with van der Waals surface area (Å²) in [5.74, 6) is 1.40. The van der Waals surface area contributed by atoms with E-state index in [0.717, 1.165) is 43.6 Å². The number of hydrogen-bond donors (Lipinski definition) is 1. The van der Waals surface area contributed by atoms with Crippen molar-refractivity contribution in [3.8, 4) is 0 Å². The zero-order valence-corrected chi connectivity index (χ0v) is 10.1. The second-order valence-corrected chi connectivity index (χ2v) is 4.64. The van der Waals surface area contributed by atoms with E-state index < -0.39 is 0 Å². The van der Waals surface area contributed by atoms with E-state index in [1.807, 2.05) is 13.0 Å². The summed E-state index contributed by atoms with van der Waals surface area (Å²) in [5.41, 5.74) is 1.66. The summed E-state index contributed by atoms with van der Waals surface area (Å²) in [5, 5.41) is 9.10. The maximum atomic E-state index is 10.6. The number of carbonyl (C=O) groups is 1. The van der Waals surface area contributed by atoms with Crippen LogP contribution in [0.4, 0.5) is 5.82 Å². The molecule has 0 aromatic carbocycles. The predicted molar refractivity (Wildman–Crippen MR) is 66.4 cm³/mol. The van der Waals surface area contributed by atoms with Gasteiger partial charge in [0.15, 0.2) is 6.29 Å². The van der Waals surface area contributed by atoms with Gasteiger partial charge < -0.3 is 10.0 Å². The van der Waals surface area contributed by atoms with Gasteiger partial charge in [0, 0.05) is 31.5 Å². The smallest absolute Gasteiger partial charge is 0.151 e. The summed E-state index contributed by atoms with van der Waals surface area (Å²) in [7, 11) is 0. The van der Waals surface area contributed by atoms with E-state index in [-0.39, 0.29) is 6.61 Å². The van der Waals surface area contributed by atoms with Crippen LogP contribution in [0.15, 0.2) is 12.3 Å². The van der Waals surface area contributed by atoms with E-state index in [1.165, 1.54) is 0 Å². The van der Waals surface area contributed by atoms with Crippen LogP contribution in [0.25, 0.3) is 0 Å². The Bertz CT molecular complexity index is 398. The number of nitrogens with zero attached hydrogens (tertiary/aromatic N) is 2. The van der Waals surface area contributed by atoms with Crippen molar-refractivity contribution in [2.75, 3.05) is 24.6 Å². The van der Waals surface area contributed by atoms with Gasteiger partial charge in [-0.2, -0.15) is 0 Å². The molecule has 1 aromatic heterocycles. The quantitative estimate of drug-likeness (QED) is 0.803. The third-order valence-electron chi connectivity index (χ3n) is 3.38. The molecule has 1 saturated heterocycles. The lowest BCUT2D eigenvalue weighted by Crippen LogP contribution is -2.35. The number of carbonyl (C=O) groups excluding carboxylic acids is 1. The van der Waals surface area contributed by atoms with Crippen LogP contribution in [0, 0.1) is 12.8 Å². The Morgan fingerprint density at radius 2 is 2.24 bits per heavy atom. The highest BCUT2D eigenvalue weighted by atomic mass is 16.3. The second-order valence-electron chi connectivity index (χ2n) is 4.64. The molecule has 0 aliphatic carbocycles. The monoisotopic (exact) mass is 234 g/mol. The largest absolute Gasteiger partial charge is 0.396 e. The molecular formula is C13H18N2O2. The van der Waals surface area contributed by atoms with Crippen molar-refractivity contribution in [2.24, 2.45) is 5.92 Å². The zero-order valence-electron chi connectivity index (χ0n) is 10.1. The average molecular weight is 234 g/mol. The number of hydrogen-bond acceptors (Lipinski definition) is 4. The van der Waals surface area contributed by atoms with Gasteiger partial charge in [-0.15, -0.1) is 0 Å². The predicted octanol–water partition coefficient (Wildman–Crippen LogP) is 1.41. The van der Waals surface area contributed by atoms with Gasteiger partial charge in [-0.25, -0.2) is 4.98 Å². The van der Waals surface area contributed by atoms with Gasteiger partial charge in [-0.1, -0.05) is 0 Å². The molecule has 1 aliphatic heterocycles. The molecule has 0 radical (unpaired) electrons. The van der Waals surface area contributed by atoms with Gasteiger partial charge in [-0.3, -0.25) is 4.79 Å². The van der Waals surface area contributed by atoms with Crippen LogP contribution in [-0.4, -0.2) is 36.1 Å². The molecule has 4 nitrogen and oxygen atoms in total. The highest BCUT2D eigenvalue weighted by molar-refractivity contribution is 5.75. The van der Waals surface area contributed by atoms with Crippen molar-refractivity contribution in [1.82, 2.24) is 4.98 Å². The fourth-order valence-corrected chi connectivity index (χ4v) is 2.31. The van der Waals surface area contributed by atoms with Crippen LogP contribution in [0.2, 0.25) is 0 Å². The molecule has 1 aromatic rings. The highest BCUT2D eigenvalue weighted by Crippen LogP contribution is 2.24. The molecule has 2 rings (SSSR count). The number of aliphatic hydroxyl groups is 1. The standard InChI is InChI=1S/C13H18N2O2/c1-10-6-12(9-17)7-14-13(10)15-4-2-11(8-16)3-5-15/h6-7,9,11,16H,2-5,8H2,1H3. The van der Waals surface area contributed by atoms with Crippen LogP contribution in [0.3, 0.4) is 0 Å². The highest BCUT2D eigenvalue weighted by Gasteiger charge is 2.20. The Kier molecular flexibility index (Phi) is 3.74. The summed E-state index contributed by atoms with van der Waals surface area (Å²) in [6.07, 6.45) is 4.45. The van der Waals surface area contributed by atoms with Crippen LogP contribution in [-0.2, 0) is 0 Å². The zero-order chi connectivity index (χ0) is 12.3. The van der Waals surface area contributed by atoms with Crippen molar-refractivity contribution in [3.05, 3.63) is 23.4 Å². The van der Waals surface area contributed by atoms with Gasteiger partial charge in [-0.05, 0) is 37.3 Å². The fraction of sp³-hybridized carbons (Fsp3) is 0.538. The minimum absolute atomic E-state index is 0.282. The molecule has 1 aliphatic rings. The van der Waals surface area contributed by atoms with E-state index in [0.29, 0.717) is 11.5 Å². The summed E-state index contributed by atoms with van der Waals surface area (Å²) in [6.45, 7) is 4.12. The van der Waals surface area contributed by atoms with E-state index in [9.17, 15) is 4.79 Å². The number of pyridine rings is 1. The van der Waals surface area contributed by atoms with Gasteiger partial charge in [0.2, 0.25) is 0 Å². The first-order valence-electron chi connectivity index (χ1n) is 6.02. The van der Waals surface area contributed by atoms with E-state index >= 15 is 0 Å². The maximum Gasteiger partial charge on any atom is 0.151 e. The molecule has 0 amide bonds. The van der Waals surface area contributed by atoms with Crippen molar-refractivity contribution < 1.29 is 9.90 Å². The topological polar surface area (TPSA) is 53.4 Å². The Labute approximate surface area is 101 Å². The van der Waals surface area contributed by atoms with Crippen molar-refractivity contribution >= 4 is 12.1 Å². The number of aldehydes is 1. The number of rotatable bonds is 3. The summed E-state index contributed by atoms with van der Waals surface area (Å²) in [4.78, 5) is 17.2. The van der Waals surface area contributed by atoms with Crippen LogP contribution in [0.1, 0.15) is 28.8 Å². The summed E-state index contributed by atoms with van der Waals surface area (Å²) in [6, 6.07) is 1.87. The summed E-state index contributed by atoms with van der Waals surface area (Å²) >= 11 is 0. The molecule has 1 N–H and O–H groups in total. The van der Waals surface area contributed by atoms with Crippen LogP contribution < -0.4 is 4.90 Å². The lowest BCUT2D eigenvalue weighted by molar-refractivity contribution is 0.112. The molecule has 4 heteroatoms. The molecule has 17 heavy (non-hydrogen) atoms. The number of aliphatic hydroxyl groups excluding tert-OH is 1. The molecule has 0 atom stereocenters. The van der Waals surface area contributed by atoms with Gasteiger partial charge in [0.25, 0.3) is 0 Å². The number of aryl methyl sites for hydroxylation is 1. The van der Waals surface area contributed by atoms with Gasteiger partial charge in [0.05, 0.1) is 0 Å². The van der Waals surface area contributed by atoms with Crippen molar-refractivity contribution in [2.45, 2.75) is 19.8 Å². The first-order chi connectivity index (χ1) is 8.24. The molecular weight excluding hydrogens is 216 g/mol. The number of piperidine rings is 1. The molecule has 0 unspecified atom stereocenters. The number of anilines is 1. The molecule has 0 spiro atoms. The molecule has 92 valence electrons. The molecule has 0 saturated carbocycles. The minimum atomic E-state index is 0.282. The third kappa shape index (κ3) is 2.64. The summed E-state index contributed by atoms with van der Waals surface area (Å²) < 4.78 is 0. The minimum Gasteiger partial charge on any atom is -0.396 e. The van der Waals surface area contributed by atoms with Crippen LogP contribution >= 0.6 is 0 Å². The Hall–Kier alpha value is -1.42. The van der Waals surface area contributed by atoms with Crippen molar-refractivity contribution in [1.29, 1.82) is 0 Å². The fourth-order valence-electron chi connectivity index (χ4n) is 2.31. The van der Waals surface area contributed by atoms with Crippen molar-refractivity contribution in [3.63, 3.8) is 0 Å².